The number of hydrogen-bond donors (Lipinski definition) is 2. The number of aliphatic hydroxyl groups is 1. The maximum Gasteiger partial charge on any atom is 0.217 e. The van der Waals surface area contributed by atoms with Gasteiger partial charge in [-0.15, -0.1) is 0 Å². The van der Waals surface area contributed by atoms with Gasteiger partial charge in [0, 0.05) is 19.6 Å². The standard InChI is InChI=1S/C19H23NO2/c1-14(20-15(2)22)13-17-5-9-19(10-6-17)18-7-3-16(4-8-18)11-12-21/h3-10,14,21H,11-13H2,1-2H3,(H,20,22). The van der Waals surface area contributed by atoms with Gasteiger partial charge >= 0.3 is 0 Å². The lowest BCUT2D eigenvalue weighted by atomic mass is 10.00. The van der Waals surface area contributed by atoms with E-state index in [0.29, 0.717) is 6.42 Å². The first-order chi connectivity index (χ1) is 10.6. The first-order valence-electron chi connectivity index (χ1n) is 7.64. The summed E-state index contributed by atoms with van der Waals surface area (Å²) in [5.41, 5.74) is 4.70. The van der Waals surface area contributed by atoms with Gasteiger partial charge in [0.1, 0.15) is 0 Å². The molecule has 0 saturated carbocycles. The molecule has 2 N–H and O–H groups in total. The van der Waals surface area contributed by atoms with E-state index in [1.54, 1.807) is 6.92 Å². The number of carbonyl (C=O) groups is 1. The third-order valence-corrected chi connectivity index (χ3v) is 3.63. The van der Waals surface area contributed by atoms with Crippen LogP contribution >= 0.6 is 0 Å². The Balaban J connectivity index is 2.03. The second-order valence-corrected chi connectivity index (χ2v) is 5.67. The third-order valence-electron chi connectivity index (χ3n) is 3.63. The molecule has 2 aromatic carbocycles. The molecule has 1 amide bonds. The fourth-order valence-corrected chi connectivity index (χ4v) is 2.58. The number of hydrogen-bond acceptors (Lipinski definition) is 2. The molecule has 1 unspecified atom stereocenters. The van der Waals surface area contributed by atoms with Crippen molar-refractivity contribution in [2.24, 2.45) is 0 Å². The van der Waals surface area contributed by atoms with Crippen LogP contribution in [-0.2, 0) is 17.6 Å². The van der Waals surface area contributed by atoms with Crippen LogP contribution in [0.4, 0.5) is 0 Å². The third kappa shape index (κ3) is 4.71. The molecule has 0 aliphatic rings. The van der Waals surface area contributed by atoms with E-state index in [9.17, 15) is 4.79 Å². The quantitative estimate of drug-likeness (QED) is 0.861. The molecule has 2 rings (SSSR count). The normalized spacial score (nSPS) is 12.0. The molecule has 2 aromatic rings. The van der Waals surface area contributed by atoms with Crippen molar-refractivity contribution in [3.8, 4) is 11.1 Å². The Hall–Kier alpha value is -2.13. The summed E-state index contributed by atoms with van der Waals surface area (Å²) >= 11 is 0. The van der Waals surface area contributed by atoms with Gasteiger partial charge in [-0.25, -0.2) is 0 Å². The van der Waals surface area contributed by atoms with E-state index in [1.807, 2.05) is 6.92 Å². The summed E-state index contributed by atoms with van der Waals surface area (Å²) in [7, 11) is 0. The van der Waals surface area contributed by atoms with Crippen LogP contribution in [-0.4, -0.2) is 23.7 Å². The molecular formula is C19H23NO2. The highest BCUT2D eigenvalue weighted by Gasteiger charge is 2.05. The Bertz CT molecular complexity index is 602. The van der Waals surface area contributed by atoms with E-state index >= 15 is 0 Å². The highest BCUT2D eigenvalue weighted by Crippen LogP contribution is 2.21. The number of carbonyl (C=O) groups excluding carboxylic acids is 1. The monoisotopic (exact) mass is 297 g/mol. The van der Waals surface area contributed by atoms with Gasteiger partial charge in [-0.1, -0.05) is 48.5 Å². The molecule has 0 fully saturated rings. The first kappa shape index (κ1) is 16.2. The second-order valence-electron chi connectivity index (χ2n) is 5.67. The minimum Gasteiger partial charge on any atom is -0.396 e. The average molecular weight is 297 g/mol. The molecule has 0 saturated heterocycles. The summed E-state index contributed by atoms with van der Waals surface area (Å²) in [5, 5.41) is 11.8. The van der Waals surface area contributed by atoms with Crippen molar-refractivity contribution in [2.75, 3.05) is 6.61 Å². The van der Waals surface area contributed by atoms with Gasteiger partial charge in [-0.2, -0.15) is 0 Å². The van der Waals surface area contributed by atoms with Crippen LogP contribution in [0.2, 0.25) is 0 Å². The fraction of sp³-hybridized carbons (Fsp3) is 0.316. The van der Waals surface area contributed by atoms with Crippen molar-refractivity contribution in [3.63, 3.8) is 0 Å². The predicted octanol–water partition coefficient (Wildman–Crippen LogP) is 2.96. The van der Waals surface area contributed by atoms with Crippen LogP contribution in [0.1, 0.15) is 25.0 Å². The minimum absolute atomic E-state index is 0.00656. The van der Waals surface area contributed by atoms with Crippen LogP contribution in [0.5, 0.6) is 0 Å². The van der Waals surface area contributed by atoms with Gasteiger partial charge in [-0.3, -0.25) is 4.79 Å². The maximum absolute atomic E-state index is 11.0. The molecule has 0 aliphatic carbocycles. The number of rotatable bonds is 6. The smallest absolute Gasteiger partial charge is 0.217 e. The van der Waals surface area contributed by atoms with Crippen LogP contribution < -0.4 is 5.32 Å². The summed E-state index contributed by atoms with van der Waals surface area (Å²) in [4.78, 5) is 11.0. The predicted molar refractivity (Wildman–Crippen MR) is 89.7 cm³/mol. The summed E-state index contributed by atoms with van der Waals surface area (Å²) in [6, 6.07) is 16.8. The number of nitrogens with one attached hydrogen (secondary N) is 1. The topological polar surface area (TPSA) is 49.3 Å². The number of aliphatic hydroxyl groups excluding tert-OH is 1. The van der Waals surface area contributed by atoms with Crippen molar-refractivity contribution in [3.05, 3.63) is 59.7 Å². The van der Waals surface area contributed by atoms with Crippen molar-refractivity contribution in [2.45, 2.75) is 32.7 Å². The van der Waals surface area contributed by atoms with E-state index in [-0.39, 0.29) is 18.6 Å². The molecule has 22 heavy (non-hydrogen) atoms. The lowest BCUT2D eigenvalue weighted by Crippen LogP contribution is -2.31. The molecule has 3 nitrogen and oxygen atoms in total. The number of amides is 1. The molecule has 0 aromatic heterocycles. The SMILES string of the molecule is CC(=O)NC(C)Cc1ccc(-c2ccc(CCO)cc2)cc1. The van der Waals surface area contributed by atoms with Gasteiger partial charge < -0.3 is 10.4 Å². The van der Waals surface area contributed by atoms with Crippen molar-refractivity contribution in [1.82, 2.24) is 5.32 Å². The Kier molecular flexibility index (Phi) is 5.73. The molecule has 0 aliphatic heterocycles. The van der Waals surface area contributed by atoms with E-state index in [2.05, 4.69) is 53.8 Å². The van der Waals surface area contributed by atoms with Crippen LogP contribution in [0, 0.1) is 0 Å². The van der Waals surface area contributed by atoms with Gasteiger partial charge in [-0.05, 0) is 42.0 Å². The molecular weight excluding hydrogens is 274 g/mol. The zero-order chi connectivity index (χ0) is 15.9. The maximum atomic E-state index is 11.0. The second kappa shape index (κ2) is 7.76. The van der Waals surface area contributed by atoms with Crippen LogP contribution in [0.15, 0.2) is 48.5 Å². The Morgan fingerprint density at radius 2 is 1.50 bits per heavy atom. The van der Waals surface area contributed by atoms with Gasteiger partial charge in [0.15, 0.2) is 0 Å². The zero-order valence-electron chi connectivity index (χ0n) is 13.2. The lowest BCUT2D eigenvalue weighted by molar-refractivity contribution is -0.119. The molecule has 116 valence electrons. The Morgan fingerprint density at radius 3 is 1.95 bits per heavy atom. The Labute approximate surface area is 132 Å². The van der Waals surface area contributed by atoms with Gasteiger partial charge in [0.2, 0.25) is 5.91 Å². The van der Waals surface area contributed by atoms with Crippen molar-refractivity contribution >= 4 is 5.91 Å². The number of benzene rings is 2. The van der Waals surface area contributed by atoms with Gasteiger partial charge in [0.05, 0.1) is 0 Å². The highest BCUT2D eigenvalue weighted by atomic mass is 16.2. The summed E-state index contributed by atoms with van der Waals surface area (Å²) in [6.07, 6.45) is 1.52. The van der Waals surface area contributed by atoms with E-state index in [1.165, 1.54) is 16.7 Å². The summed E-state index contributed by atoms with van der Waals surface area (Å²) < 4.78 is 0. The summed E-state index contributed by atoms with van der Waals surface area (Å²) in [6.45, 7) is 3.73. The molecule has 0 bridgehead atoms. The first-order valence-corrected chi connectivity index (χ1v) is 7.64. The lowest BCUT2D eigenvalue weighted by Gasteiger charge is -2.12. The van der Waals surface area contributed by atoms with Gasteiger partial charge in [0.25, 0.3) is 0 Å². The van der Waals surface area contributed by atoms with E-state index < -0.39 is 0 Å². The van der Waals surface area contributed by atoms with E-state index in [0.717, 1.165) is 12.0 Å². The molecule has 1 atom stereocenters. The molecule has 3 heteroatoms. The largest absolute Gasteiger partial charge is 0.396 e. The molecule has 0 heterocycles. The van der Waals surface area contributed by atoms with Crippen LogP contribution in [0.25, 0.3) is 11.1 Å². The van der Waals surface area contributed by atoms with Crippen molar-refractivity contribution in [1.29, 1.82) is 0 Å². The molecule has 0 spiro atoms. The van der Waals surface area contributed by atoms with Crippen molar-refractivity contribution < 1.29 is 9.90 Å². The average Bonchev–Trinajstić information content (AvgIpc) is 2.48. The van der Waals surface area contributed by atoms with Crippen LogP contribution in [0.3, 0.4) is 0 Å². The fourth-order valence-electron chi connectivity index (χ4n) is 2.58. The highest BCUT2D eigenvalue weighted by molar-refractivity contribution is 5.73. The minimum atomic E-state index is 0.00656. The molecule has 0 radical (unpaired) electrons. The summed E-state index contributed by atoms with van der Waals surface area (Å²) in [5.74, 6) is 0.00656. The van der Waals surface area contributed by atoms with E-state index in [4.69, 9.17) is 5.11 Å². The Morgan fingerprint density at radius 1 is 1.00 bits per heavy atom. The zero-order valence-corrected chi connectivity index (χ0v) is 13.2.